The minimum absolute atomic E-state index is 0.0417. The summed E-state index contributed by atoms with van der Waals surface area (Å²) in [6, 6.07) is 11.8. The van der Waals surface area contributed by atoms with Gasteiger partial charge in [0.15, 0.2) is 0 Å². The maximum Gasteiger partial charge on any atom is 0.471 e. The van der Waals surface area contributed by atoms with Crippen molar-refractivity contribution in [3.63, 3.8) is 0 Å². The largest absolute Gasteiger partial charge is 0.471 e. The molecule has 0 bridgehead atoms. The first-order valence-electron chi connectivity index (χ1n) is 8.44. The maximum absolute atomic E-state index is 12.3. The molecule has 0 atom stereocenters. The van der Waals surface area contributed by atoms with Crippen molar-refractivity contribution < 1.29 is 27.6 Å². The fraction of sp³-hybridized carbons (Fsp3) is 0.211. The number of halogens is 3. The predicted molar refractivity (Wildman–Crippen MR) is 97.1 cm³/mol. The Balaban J connectivity index is 1.61. The molecule has 0 aromatic heterocycles. The molecule has 2 aromatic carbocycles. The van der Waals surface area contributed by atoms with E-state index < -0.39 is 18.0 Å². The number of amides is 3. The Bertz CT molecular complexity index is 893. The van der Waals surface area contributed by atoms with E-state index in [0.29, 0.717) is 24.2 Å². The van der Waals surface area contributed by atoms with E-state index in [2.05, 4.69) is 5.32 Å². The fourth-order valence-corrected chi connectivity index (χ4v) is 2.76. The summed E-state index contributed by atoms with van der Waals surface area (Å²) in [6.07, 6.45) is -3.65. The third-order valence-electron chi connectivity index (χ3n) is 4.17. The van der Waals surface area contributed by atoms with Gasteiger partial charge in [-0.1, -0.05) is 0 Å². The SMILES string of the molecule is O=C(Nc1ccc(NC(=O)C(F)(F)F)cc1)c1ccc(N2CCCC2=O)cc1. The first kappa shape index (κ1) is 19.4. The number of alkyl halides is 3. The van der Waals surface area contributed by atoms with Gasteiger partial charge in [0.2, 0.25) is 5.91 Å². The van der Waals surface area contributed by atoms with Gasteiger partial charge >= 0.3 is 12.1 Å². The summed E-state index contributed by atoms with van der Waals surface area (Å²) in [5.41, 5.74) is 1.41. The van der Waals surface area contributed by atoms with Crippen molar-refractivity contribution in [2.45, 2.75) is 19.0 Å². The van der Waals surface area contributed by atoms with Gasteiger partial charge in [-0.15, -0.1) is 0 Å². The molecule has 28 heavy (non-hydrogen) atoms. The number of nitrogens with one attached hydrogen (secondary N) is 2. The van der Waals surface area contributed by atoms with Crippen molar-refractivity contribution in [1.82, 2.24) is 0 Å². The highest BCUT2D eigenvalue weighted by Gasteiger charge is 2.38. The second kappa shape index (κ2) is 7.71. The Hall–Kier alpha value is -3.36. The number of rotatable bonds is 4. The summed E-state index contributed by atoms with van der Waals surface area (Å²) >= 11 is 0. The fourth-order valence-electron chi connectivity index (χ4n) is 2.76. The van der Waals surface area contributed by atoms with Crippen LogP contribution in [0.5, 0.6) is 0 Å². The van der Waals surface area contributed by atoms with E-state index in [4.69, 9.17) is 0 Å². The van der Waals surface area contributed by atoms with Crippen LogP contribution in [0.25, 0.3) is 0 Å². The topological polar surface area (TPSA) is 78.5 Å². The number of benzene rings is 2. The zero-order valence-electron chi connectivity index (χ0n) is 14.5. The molecule has 1 aliphatic rings. The van der Waals surface area contributed by atoms with Crippen LogP contribution in [0.15, 0.2) is 48.5 Å². The molecule has 1 saturated heterocycles. The van der Waals surface area contributed by atoms with Gasteiger partial charge in [-0.05, 0) is 55.0 Å². The van der Waals surface area contributed by atoms with E-state index >= 15 is 0 Å². The molecule has 0 unspecified atom stereocenters. The summed E-state index contributed by atoms with van der Waals surface area (Å²) in [6.45, 7) is 0.654. The number of anilines is 3. The summed E-state index contributed by atoms with van der Waals surface area (Å²) < 4.78 is 36.7. The van der Waals surface area contributed by atoms with Gasteiger partial charge in [-0.25, -0.2) is 0 Å². The van der Waals surface area contributed by atoms with Crippen LogP contribution in [0, 0.1) is 0 Å². The molecule has 1 fully saturated rings. The minimum atomic E-state index is -4.97. The first-order valence-corrected chi connectivity index (χ1v) is 8.44. The molecule has 2 N–H and O–H groups in total. The van der Waals surface area contributed by atoms with E-state index in [9.17, 15) is 27.6 Å². The summed E-state index contributed by atoms with van der Waals surface area (Å²) in [5.74, 6) is -2.43. The molecule has 0 saturated carbocycles. The van der Waals surface area contributed by atoms with Gasteiger partial charge in [0, 0.05) is 35.6 Å². The van der Waals surface area contributed by atoms with E-state index in [1.807, 2.05) is 0 Å². The average Bonchev–Trinajstić information content (AvgIpc) is 3.08. The Labute approximate surface area is 158 Å². The van der Waals surface area contributed by atoms with Gasteiger partial charge in [0.1, 0.15) is 0 Å². The van der Waals surface area contributed by atoms with Crippen molar-refractivity contribution in [2.75, 3.05) is 22.1 Å². The van der Waals surface area contributed by atoms with E-state index in [1.54, 1.807) is 34.5 Å². The lowest BCUT2D eigenvalue weighted by Gasteiger charge is -2.15. The van der Waals surface area contributed by atoms with Gasteiger partial charge in [-0.3, -0.25) is 14.4 Å². The molecule has 3 amide bonds. The highest BCUT2D eigenvalue weighted by molar-refractivity contribution is 6.05. The number of carbonyl (C=O) groups excluding carboxylic acids is 3. The van der Waals surface area contributed by atoms with Gasteiger partial charge in [0.25, 0.3) is 5.91 Å². The van der Waals surface area contributed by atoms with Crippen LogP contribution in [0.4, 0.5) is 30.2 Å². The molecule has 3 rings (SSSR count). The molecule has 146 valence electrons. The number of hydrogen-bond donors (Lipinski definition) is 2. The molecule has 1 heterocycles. The van der Waals surface area contributed by atoms with Crippen LogP contribution in [-0.4, -0.2) is 30.4 Å². The molecule has 9 heteroatoms. The molecule has 0 aliphatic carbocycles. The van der Waals surface area contributed by atoms with Crippen LogP contribution in [-0.2, 0) is 9.59 Å². The monoisotopic (exact) mass is 391 g/mol. The van der Waals surface area contributed by atoms with Gasteiger partial charge in [-0.2, -0.15) is 13.2 Å². The molecule has 2 aromatic rings. The Morgan fingerprint density at radius 2 is 1.46 bits per heavy atom. The van der Waals surface area contributed by atoms with Crippen LogP contribution >= 0.6 is 0 Å². The lowest BCUT2D eigenvalue weighted by molar-refractivity contribution is -0.167. The van der Waals surface area contributed by atoms with Crippen molar-refractivity contribution in [3.8, 4) is 0 Å². The highest BCUT2D eigenvalue weighted by Crippen LogP contribution is 2.23. The average molecular weight is 391 g/mol. The molecule has 1 aliphatic heterocycles. The molecule has 6 nitrogen and oxygen atoms in total. The molecule has 0 spiro atoms. The molecular weight excluding hydrogens is 375 g/mol. The Morgan fingerprint density at radius 1 is 0.893 bits per heavy atom. The van der Waals surface area contributed by atoms with Crippen LogP contribution in [0.3, 0.4) is 0 Å². The van der Waals surface area contributed by atoms with E-state index in [-0.39, 0.29) is 11.6 Å². The van der Waals surface area contributed by atoms with Crippen LogP contribution in [0.2, 0.25) is 0 Å². The van der Waals surface area contributed by atoms with E-state index in [0.717, 1.165) is 12.1 Å². The third kappa shape index (κ3) is 4.48. The normalized spacial score (nSPS) is 14.1. The zero-order valence-corrected chi connectivity index (χ0v) is 14.5. The number of hydrogen-bond acceptors (Lipinski definition) is 3. The minimum Gasteiger partial charge on any atom is -0.322 e. The Morgan fingerprint density at radius 3 is 1.96 bits per heavy atom. The Kier molecular flexibility index (Phi) is 5.34. The standard InChI is InChI=1S/C19H16F3N3O3/c20-19(21,22)18(28)24-14-7-5-13(6-8-14)23-17(27)12-3-9-15(10-4-12)25-11-1-2-16(25)26/h3-10H,1-2,11H2,(H,23,27)(H,24,28). The van der Waals surface area contributed by atoms with Crippen LogP contribution in [0.1, 0.15) is 23.2 Å². The summed E-state index contributed by atoms with van der Waals surface area (Å²) in [4.78, 5) is 36.6. The smallest absolute Gasteiger partial charge is 0.322 e. The highest BCUT2D eigenvalue weighted by atomic mass is 19.4. The quantitative estimate of drug-likeness (QED) is 0.837. The van der Waals surface area contributed by atoms with Crippen molar-refractivity contribution >= 4 is 34.8 Å². The molecule has 0 radical (unpaired) electrons. The zero-order chi connectivity index (χ0) is 20.3. The van der Waals surface area contributed by atoms with Crippen molar-refractivity contribution in [1.29, 1.82) is 0 Å². The number of nitrogens with zero attached hydrogens (tertiary/aromatic N) is 1. The predicted octanol–water partition coefficient (Wildman–Crippen LogP) is 3.57. The molecular formula is C19H16F3N3O3. The second-order valence-electron chi connectivity index (χ2n) is 6.18. The first-order chi connectivity index (χ1) is 13.2. The maximum atomic E-state index is 12.3. The lowest BCUT2D eigenvalue weighted by Crippen LogP contribution is -2.29. The van der Waals surface area contributed by atoms with Crippen molar-refractivity contribution in [2.24, 2.45) is 0 Å². The third-order valence-corrected chi connectivity index (χ3v) is 4.17. The van der Waals surface area contributed by atoms with Gasteiger partial charge in [0.05, 0.1) is 0 Å². The van der Waals surface area contributed by atoms with Crippen molar-refractivity contribution in [3.05, 3.63) is 54.1 Å². The van der Waals surface area contributed by atoms with Gasteiger partial charge < -0.3 is 15.5 Å². The number of carbonyl (C=O) groups is 3. The summed E-state index contributed by atoms with van der Waals surface area (Å²) in [5, 5.41) is 4.33. The second-order valence-corrected chi connectivity index (χ2v) is 6.18. The van der Waals surface area contributed by atoms with Crippen LogP contribution < -0.4 is 15.5 Å². The lowest BCUT2D eigenvalue weighted by atomic mass is 10.1. The van der Waals surface area contributed by atoms with E-state index in [1.165, 1.54) is 24.3 Å². The summed E-state index contributed by atoms with van der Waals surface area (Å²) in [7, 11) is 0.